The Bertz CT molecular complexity index is 721. The highest BCUT2D eigenvalue weighted by atomic mass is 19.4. The first-order valence-electron chi connectivity index (χ1n) is 6.70. The van der Waals surface area contributed by atoms with Gasteiger partial charge in [-0.05, 0) is 24.3 Å². The van der Waals surface area contributed by atoms with Crippen LogP contribution < -0.4 is 10.2 Å². The third kappa shape index (κ3) is 3.45. The highest BCUT2D eigenvalue weighted by Gasteiger charge is 2.36. The van der Waals surface area contributed by atoms with Crippen molar-refractivity contribution < 1.29 is 22.8 Å². The fraction of sp³-hybridized carbons (Fsp3) is 0.286. The standard InChI is InChI=1S/C14H12F3N5O2/c1-19-12(23)20-11-8-21(7-6-18)13(24)22(11)10-4-2-9(3-5-10)14(15,16)17/h2-5H,7-8H2,1H3,(H,19,23)/b20-11+. The molecule has 1 aliphatic rings. The molecule has 7 nitrogen and oxygen atoms in total. The molecule has 4 amide bonds. The lowest BCUT2D eigenvalue weighted by atomic mass is 10.2. The number of rotatable bonds is 2. The van der Waals surface area contributed by atoms with Crippen molar-refractivity contribution in [3.8, 4) is 6.07 Å². The van der Waals surface area contributed by atoms with Gasteiger partial charge in [0.2, 0.25) is 0 Å². The van der Waals surface area contributed by atoms with Crippen LogP contribution in [0.15, 0.2) is 29.3 Å². The maximum Gasteiger partial charge on any atom is 0.416 e. The number of carbonyl (C=O) groups is 2. The number of alkyl halides is 3. The van der Waals surface area contributed by atoms with E-state index in [2.05, 4.69) is 10.3 Å². The molecule has 126 valence electrons. The molecule has 1 saturated heterocycles. The van der Waals surface area contributed by atoms with Crippen LogP contribution in [0.5, 0.6) is 0 Å². The van der Waals surface area contributed by atoms with Crippen LogP contribution in [0.2, 0.25) is 0 Å². The van der Waals surface area contributed by atoms with Crippen molar-refractivity contribution in [2.75, 3.05) is 25.0 Å². The van der Waals surface area contributed by atoms with Gasteiger partial charge in [-0.15, -0.1) is 0 Å². The summed E-state index contributed by atoms with van der Waals surface area (Å²) < 4.78 is 37.9. The number of aliphatic imine (C=N–C) groups is 1. The van der Waals surface area contributed by atoms with E-state index in [1.165, 1.54) is 7.05 Å². The number of nitrogens with one attached hydrogen (secondary N) is 1. The van der Waals surface area contributed by atoms with Crippen LogP contribution >= 0.6 is 0 Å². The second-order valence-corrected chi connectivity index (χ2v) is 4.76. The van der Waals surface area contributed by atoms with Gasteiger partial charge in [0, 0.05) is 7.05 Å². The van der Waals surface area contributed by atoms with Crippen molar-refractivity contribution in [1.82, 2.24) is 10.2 Å². The van der Waals surface area contributed by atoms with E-state index in [4.69, 9.17) is 5.26 Å². The Labute approximate surface area is 135 Å². The molecule has 10 heteroatoms. The van der Waals surface area contributed by atoms with Crippen LogP contribution in [0.4, 0.5) is 28.4 Å². The Kier molecular flexibility index (Phi) is 4.73. The third-order valence-corrected chi connectivity index (χ3v) is 3.21. The summed E-state index contributed by atoms with van der Waals surface area (Å²) in [6.07, 6.45) is -4.50. The zero-order valence-electron chi connectivity index (χ0n) is 12.5. The van der Waals surface area contributed by atoms with Gasteiger partial charge in [-0.3, -0.25) is 0 Å². The minimum atomic E-state index is -4.50. The Hall–Kier alpha value is -3.09. The summed E-state index contributed by atoms with van der Waals surface area (Å²) >= 11 is 0. The number of halogens is 3. The molecule has 2 rings (SSSR count). The summed E-state index contributed by atoms with van der Waals surface area (Å²) in [7, 11) is 1.35. The average Bonchev–Trinajstić information content (AvgIpc) is 2.82. The molecule has 0 radical (unpaired) electrons. The number of amidine groups is 1. The Morgan fingerprint density at radius 3 is 2.50 bits per heavy atom. The fourth-order valence-electron chi connectivity index (χ4n) is 2.09. The van der Waals surface area contributed by atoms with E-state index >= 15 is 0 Å². The molecule has 0 saturated carbocycles. The lowest BCUT2D eigenvalue weighted by Crippen LogP contribution is -2.34. The predicted molar refractivity (Wildman–Crippen MR) is 78.4 cm³/mol. The minimum absolute atomic E-state index is 0.0226. The zero-order chi connectivity index (χ0) is 17.9. The third-order valence-electron chi connectivity index (χ3n) is 3.21. The molecule has 1 aliphatic heterocycles. The van der Waals surface area contributed by atoms with Gasteiger partial charge in [0.1, 0.15) is 12.4 Å². The molecule has 0 unspecified atom stereocenters. The number of amides is 4. The second-order valence-electron chi connectivity index (χ2n) is 4.76. The van der Waals surface area contributed by atoms with E-state index in [9.17, 15) is 22.8 Å². The number of hydrogen-bond donors (Lipinski definition) is 1. The van der Waals surface area contributed by atoms with Crippen molar-refractivity contribution in [3.05, 3.63) is 29.8 Å². The van der Waals surface area contributed by atoms with Crippen LogP contribution in [0, 0.1) is 11.3 Å². The molecular formula is C14H12F3N5O2. The van der Waals surface area contributed by atoms with E-state index in [0.29, 0.717) is 0 Å². The number of nitriles is 1. The van der Waals surface area contributed by atoms with E-state index in [-0.39, 0.29) is 24.6 Å². The largest absolute Gasteiger partial charge is 0.416 e. The van der Waals surface area contributed by atoms with E-state index in [1.807, 2.05) is 0 Å². The Balaban J connectivity index is 2.40. The maximum absolute atomic E-state index is 12.6. The minimum Gasteiger partial charge on any atom is -0.339 e. The summed E-state index contributed by atoms with van der Waals surface area (Å²) in [5.41, 5.74) is -0.743. The molecule has 0 aromatic heterocycles. The first-order valence-corrected chi connectivity index (χ1v) is 6.70. The SMILES string of the molecule is CNC(=O)/N=C1\CN(CC#N)C(=O)N1c1ccc(C(F)(F)F)cc1. The smallest absolute Gasteiger partial charge is 0.339 e. The lowest BCUT2D eigenvalue weighted by Gasteiger charge is -2.17. The van der Waals surface area contributed by atoms with Crippen molar-refractivity contribution in [3.63, 3.8) is 0 Å². The van der Waals surface area contributed by atoms with Crippen molar-refractivity contribution in [2.45, 2.75) is 6.18 Å². The summed E-state index contributed by atoms with van der Waals surface area (Å²) in [4.78, 5) is 29.6. The van der Waals surface area contributed by atoms with Crippen LogP contribution in [0.25, 0.3) is 0 Å². The van der Waals surface area contributed by atoms with Gasteiger partial charge in [-0.2, -0.15) is 23.4 Å². The molecule has 0 atom stereocenters. The summed E-state index contributed by atoms with van der Waals surface area (Å²) in [6.45, 7) is -0.330. The Morgan fingerprint density at radius 2 is 2.00 bits per heavy atom. The van der Waals surface area contributed by atoms with Crippen LogP contribution in [-0.4, -0.2) is 42.9 Å². The van der Waals surface area contributed by atoms with Crippen LogP contribution in [0.1, 0.15) is 5.56 Å². The van der Waals surface area contributed by atoms with E-state index in [1.54, 1.807) is 6.07 Å². The topological polar surface area (TPSA) is 88.8 Å². The van der Waals surface area contributed by atoms with Gasteiger partial charge in [-0.1, -0.05) is 0 Å². The maximum atomic E-state index is 12.6. The van der Waals surface area contributed by atoms with Crippen LogP contribution in [0.3, 0.4) is 0 Å². The number of benzene rings is 1. The van der Waals surface area contributed by atoms with Crippen molar-refractivity contribution >= 4 is 23.6 Å². The monoisotopic (exact) mass is 339 g/mol. The molecule has 1 heterocycles. The molecule has 1 aromatic rings. The van der Waals surface area contributed by atoms with Crippen LogP contribution in [-0.2, 0) is 6.18 Å². The molecule has 1 fully saturated rings. The average molecular weight is 339 g/mol. The number of hydrogen-bond acceptors (Lipinski definition) is 3. The zero-order valence-corrected chi connectivity index (χ0v) is 12.5. The van der Waals surface area contributed by atoms with E-state index < -0.39 is 23.8 Å². The van der Waals surface area contributed by atoms with Gasteiger partial charge in [-0.25, -0.2) is 14.5 Å². The molecule has 1 N–H and O–H groups in total. The van der Waals surface area contributed by atoms with Gasteiger partial charge in [0.15, 0.2) is 0 Å². The molecule has 0 spiro atoms. The molecule has 24 heavy (non-hydrogen) atoms. The summed E-state index contributed by atoms with van der Waals surface area (Å²) in [5.74, 6) is 0.0226. The highest BCUT2D eigenvalue weighted by molar-refractivity contribution is 6.23. The van der Waals surface area contributed by atoms with Gasteiger partial charge < -0.3 is 10.2 Å². The van der Waals surface area contributed by atoms with Crippen molar-refractivity contribution in [2.24, 2.45) is 4.99 Å². The molecule has 0 aliphatic carbocycles. The van der Waals surface area contributed by atoms with Gasteiger partial charge >= 0.3 is 18.2 Å². The highest BCUT2D eigenvalue weighted by Crippen LogP contribution is 2.31. The van der Waals surface area contributed by atoms with Crippen molar-refractivity contribution in [1.29, 1.82) is 5.26 Å². The Morgan fingerprint density at radius 1 is 1.38 bits per heavy atom. The molecule has 0 bridgehead atoms. The first kappa shape index (κ1) is 17.3. The summed E-state index contributed by atoms with van der Waals surface area (Å²) in [5, 5.41) is 11.0. The first-order chi connectivity index (χ1) is 11.3. The number of anilines is 1. The number of urea groups is 2. The fourth-order valence-corrected chi connectivity index (χ4v) is 2.09. The van der Waals surface area contributed by atoms with Gasteiger partial charge in [0.05, 0.1) is 23.9 Å². The van der Waals surface area contributed by atoms with E-state index in [0.717, 1.165) is 34.1 Å². The predicted octanol–water partition coefficient (Wildman–Crippen LogP) is 2.21. The lowest BCUT2D eigenvalue weighted by molar-refractivity contribution is -0.137. The summed E-state index contributed by atoms with van der Waals surface area (Å²) in [6, 6.07) is 4.32. The second kappa shape index (κ2) is 6.57. The normalized spacial score (nSPS) is 16.5. The number of nitrogens with zero attached hydrogens (tertiary/aromatic N) is 4. The molecule has 1 aromatic carbocycles. The molecular weight excluding hydrogens is 327 g/mol. The number of carbonyl (C=O) groups excluding carboxylic acids is 2. The quantitative estimate of drug-likeness (QED) is 0.838. The van der Waals surface area contributed by atoms with Gasteiger partial charge in [0.25, 0.3) is 0 Å².